The highest BCUT2D eigenvalue weighted by Crippen LogP contribution is 2.48. The minimum atomic E-state index is -4.59. The number of ether oxygens (including phenoxy) is 3. The van der Waals surface area contributed by atoms with Crippen molar-refractivity contribution in [1.82, 2.24) is 4.57 Å². The van der Waals surface area contributed by atoms with E-state index in [0.717, 1.165) is 12.1 Å². The lowest BCUT2D eigenvalue weighted by atomic mass is 9.87. The molecule has 5 rings (SSSR count). The molecular weight excluding hydrogens is 457 g/mol. The second-order valence-electron chi connectivity index (χ2n) is 7.79. The van der Waals surface area contributed by atoms with E-state index in [1.165, 1.54) is 30.0 Å². The Bertz CT molecular complexity index is 1330. The minimum absolute atomic E-state index is 0.0185. The molecule has 0 bridgehead atoms. The molecule has 2 aromatic carbocycles. The topological polar surface area (TPSA) is 99.0 Å². The monoisotopic (exact) mass is 474 g/mol. The third kappa shape index (κ3) is 3.49. The quantitative estimate of drug-likeness (QED) is 0.582. The van der Waals surface area contributed by atoms with E-state index in [1.807, 2.05) is 0 Å². The fraction of sp³-hybridized carbons (Fsp3) is 0.217. The van der Waals surface area contributed by atoms with Gasteiger partial charge in [0.15, 0.2) is 11.5 Å². The number of alkyl halides is 3. The zero-order valence-electron chi connectivity index (χ0n) is 17.6. The molecule has 1 aromatic heterocycles. The van der Waals surface area contributed by atoms with Crippen LogP contribution < -0.4 is 19.5 Å². The summed E-state index contributed by atoms with van der Waals surface area (Å²) in [6.45, 7) is -0.0185. The average Bonchev–Trinajstić information content (AvgIpc) is 3.42. The van der Waals surface area contributed by atoms with Crippen LogP contribution in [0.1, 0.15) is 39.5 Å². The van der Waals surface area contributed by atoms with Crippen molar-refractivity contribution < 1.29 is 42.1 Å². The van der Waals surface area contributed by atoms with Gasteiger partial charge in [0, 0.05) is 24.2 Å². The van der Waals surface area contributed by atoms with Crippen LogP contribution >= 0.6 is 0 Å². The van der Waals surface area contributed by atoms with Gasteiger partial charge in [0.1, 0.15) is 5.56 Å². The number of carbonyl (C=O) groups is 2. The second kappa shape index (κ2) is 7.72. The summed E-state index contributed by atoms with van der Waals surface area (Å²) in [7, 11) is 1.44. The summed E-state index contributed by atoms with van der Waals surface area (Å²) in [5.41, 5.74) is -0.100. The molecule has 8 nitrogen and oxygen atoms in total. The van der Waals surface area contributed by atoms with Crippen molar-refractivity contribution in [2.75, 3.05) is 19.2 Å². The molecule has 0 saturated carbocycles. The number of aromatic carboxylic acids is 1. The number of aromatic nitrogens is 1. The van der Waals surface area contributed by atoms with Gasteiger partial charge in [-0.1, -0.05) is 6.07 Å². The van der Waals surface area contributed by atoms with E-state index in [4.69, 9.17) is 14.2 Å². The van der Waals surface area contributed by atoms with Crippen LogP contribution in [0.25, 0.3) is 5.69 Å². The van der Waals surface area contributed by atoms with Crippen LogP contribution in [0, 0.1) is 0 Å². The van der Waals surface area contributed by atoms with Crippen LogP contribution in [0.5, 0.6) is 17.2 Å². The summed E-state index contributed by atoms with van der Waals surface area (Å²) in [5, 5.41) is 12.3. The van der Waals surface area contributed by atoms with Gasteiger partial charge < -0.3 is 29.2 Å². The first-order valence-corrected chi connectivity index (χ1v) is 10.1. The highest BCUT2D eigenvalue weighted by Gasteiger charge is 2.37. The third-order valence-electron chi connectivity index (χ3n) is 5.79. The van der Waals surface area contributed by atoms with Crippen LogP contribution in [0.3, 0.4) is 0 Å². The van der Waals surface area contributed by atoms with Gasteiger partial charge in [-0.2, -0.15) is 13.2 Å². The van der Waals surface area contributed by atoms with Crippen molar-refractivity contribution in [3.05, 3.63) is 65.0 Å². The van der Waals surface area contributed by atoms with Gasteiger partial charge in [0.25, 0.3) is 0 Å². The lowest BCUT2D eigenvalue weighted by molar-refractivity contribution is -0.137. The molecular formula is C23H17F3N2O6. The molecule has 0 aliphatic carbocycles. The zero-order valence-corrected chi connectivity index (χ0v) is 17.6. The van der Waals surface area contributed by atoms with Crippen LogP contribution in [0.2, 0.25) is 0 Å². The van der Waals surface area contributed by atoms with E-state index in [9.17, 15) is 27.9 Å². The predicted octanol–water partition coefficient (Wildman–Crippen LogP) is 4.41. The molecule has 0 saturated heterocycles. The van der Waals surface area contributed by atoms with E-state index in [2.05, 4.69) is 5.32 Å². The van der Waals surface area contributed by atoms with Gasteiger partial charge in [0.2, 0.25) is 18.4 Å². The maximum atomic E-state index is 13.4. The number of rotatable bonds is 4. The first kappa shape index (κ1) is 21.7. The Balaban J connectivity index is 1.74. The van der Waals surface area contributed by atoms with Crippen molar-refractivity contribution in [3.8, 4) is 22.9 Å². The lowest BCUT2D eigenvalue weighted by Crippen LogP contribution is -2.25. The molecule has 0 fully saturated rings. The zero-order chi connectivity index (χ0) is 24.2. The van der Waals surface area contributed by atoms with Crippen molar-refractivity contribution in [2.45, 2.75) is 18.5 Å². The number of hydrogen-bond donors (Lipinski definition) is 2. The molecule has 0 spiro atoms. The molecule has 2 aliphatic heterocycles. The Morgan fingerprint density at radius 1 is 1.24 bits per heavy atom. The molecule has 0 unspecified atom stereocenters. The van der Waals surface area contributed by atoms with Gasteiger partial charge in [-0.15, -0.1) is 0 Å². The molecule has 176 valence electrons. The Hall–Kier alpha value is -4.15. The van der Waals surface area contributed by atoms with Gasteiger partial charge in [-0.05, 0) is 35.9 Å². The molecule has 2 aliphatic rings. The smallest absolute Gasteiger partial charge is 0.416 e. The van der Waals surface area contributed by atoms with Crippen molar-refractivity contribution in [2.24, 2.45) is 0 Å². The largest absolute Gasteiger partial charge is 0.493 e. The Kier molecular flexibility index (Phi) is 4.92. The molecule has 1 amide bonds. The van der Waals surface area contributed by atoms with Gasteiger partial charge in [-0.3, -0.25) is 4.79 Å². The number of hydrogen-bond acceptors (Lipinski definition) is 5. The van der Waals surface area contributed by atoms with Gasteiger partial charge in [0.05, 0.1) is 24.1 Å². The number of amides is 1. The first-order chi connectivity index (χ1) is 16.2. The summed E-state index contributed by atoms with van der Waals surface area (Å²) in [6.07, 6.45) is -3.44. The third-order valence-corrected chi connectivity index (χ3v) is 5.79. The number of nitrogens with one attached hydrogen (secondary N) is 1. The van der Waals surface area contributed by atoms with Crippen molar-refractivity contribution in [3.63, 3.8) is 0 Å². The highest BCUT2D eigenvalue weighted by atomic mass is 19.4. The average molecular weight is 474 g/mol. The van der Waals surface area contributed by atoms with Crippen LogP contribution in [-0.4, -0.2) is 35.5 Å². The maximum absolute atomic E-state index is 13.4. The van der Waals surface area contributed by atoms with E-state index in [0.29, 0.717) is 28.5 Å². The summed E-state index contributed by atoms with van der Waals surface area (Å²) >= 11 is 0. The number of carbonyl (C=O) groups excluding carboxylic acids is 1. The molecule has 1 atom stereocenters. The summed E-state index contributed by atoms with van der Waals surface area (Å²) in [4.78, 5) is 24.5. The number of benzene rings is 2. The van der Waals surface area contributed by atoms with Crippen LogP contribution in [0.4, 0.5) is 18.9 Å². The molecule has 3 heterocycles. The van der Waals surface area contributed by atoms with E-state index in [1.54, 1.807) is 12.1 Å². The Labute approximate surface area is 190 Å². The highest BCUT2D eigenvalue weighted by molar-refractivity contribution is 6.04. The lowest BCUT2D eigenvalue weighted by Gasteiger charge is -2.27. The number of carboxylic acids is 1. The normalized spacial score (nSPS) is 16.7. The summed E-state index contributed by atoms with van der Waals surface area (Å²) < 4.78 is 57.7. The van der Waals surface area contributed by atoms with E-state index >= 15 is 0 Å². The standard InChI is InChI=1S/C23H17F3N2O6/c1-32-16-5-11(6-17-21(16)34-10-33-17)14-8-18(29)27-19-15(22(30)31)9-28(20(14)19)13-4-2-3-12(7-13)23(24,25)26/h2-7,9,14H,8,10H2,1H3,(H,27,29)(H,30,31)/t14-/m0/s1. The SMILES string of the molecule is COc1cc([C@@H]2CC(=O)Nc3c(C(=O)O)cn(-c4cccc(C(F)(F)F)c4)c32)cc2c1OCO2. The Morgan fingerprint density at radius 3 is 2.74 bits per heavy atom. The molecule has 3 aromatic rings. The summed E-state index contributed by atoms with van der Waals surface area (Å²) in [6, 6.07) is 7.84. The number of carboxylic acid groups (broad SMARTS) is 1. The second-order valence-corrected chi connectivity index (χ2v) is 7.79. The number of methoxy groups -OCH3 is 1. The number of nitrogens with zero attached hydrogens (tertiary/aromatic N) is 1. The van der Waals surface area contributed by atoms with Gasteiger partial charge >= 0.3 is 12.1 Å². The van der Waals surface area contributed by atoms with E-state index < -0.39 is 29.5 Å². The van der Waals surface area contributed by atoms with Crippen LogP contribution in [0.15, 0.2) is 42.6 Å². The van der Waals surface area contributed by atoms with Crippen molar-refractivity contribution in [1.29, 1.82) is 0 Å². The van der Waals surface area contributed by atoms with Gasteiger partial charge in [-0.25, -0.2) is 4.79 Å². The fourth-order valence-corrected chi connectivity index (χ4v) is 4.30. The van der Waals surface area contributed by atoms with Crippen LogP contribution in [-0.2, 0) is 11.0 Å². The number of anilines is 1. The molecule has 2 N–H and O–H groups in total. The van der Waals surface area contributed by atoms with Crippen molar-refractivity contribution >= 4 is 17.6 Å². The van der Waals surface area contributed by atoms with E-state index in [-0.39, 0.29) is 30.2 Å². The number of fused-ring (bicyclic) bond motifs is 2. The Morgan fingerprint density at radius 2 is 2.03 bits per heavy atom. The molecule has 11 heteroatoms. The minimum Gasteiger partial charge on any atom is -0.493 e. The molecule has 34 heavy (non-hydrogen) atoms. The maximum Gasteiger partial charge on any atom is 0.416 e. The predicted molar refractivity (Wildman–Crippen MR) is 112 cm³/mol. The number of halogens is 3. The molecule has 0 radical (unpaired) electrons. The summed E-state index contributed by atoms with van der Waals surface area (Å²) in [5.74, 6) is -1.32. The fourth-order valence-electron chi connectivity index (χ4n) is 4.30. The first-order valence-electron chi connectivity index (χ1n) is 10.1.